The first-order valence-electron chi connectivity index (χ1n) is 5.70. The standard InChI is InChI=1S/C11H13NO7S/c1-18-10-4-7(12(14)15)2-3-9(10)19-11-6-20(16,17)5-8(11)13/h2-4,8,11,13H,5-6H2,1H3. The Hall–Kier alpha value is -1.87. The van der Waals surface area contributed by atoms with Crippen molar-refractivity contribution < 1.29 is 27.9 Å². The first-order chi connectivity index (χ1) is 9.32. The van der Waals surface area contributed by atoms with Crippen LogP contribution in [0.4, 0.5) is 5.69 Å². The van der Waals surface area contributed by atoms with Crippen LogP contribution in [0.1, 0.15) is 0 Å². The van der Waals surface area contributed by atoms with Gasteiger partial charge in [0.15, 0.2) is 21.3 Å². The van der Waals surface area contributed by atoms with E-state index < -0.39 is 27.0 Å². The van der Waals surface area contributed by atoms with Crippen LogP contribution in [-0.4, -0.2) is 49.3 Å². The van der Waals surface area contributed by atoms with Gasteiger partial charge < -0.3 is 14.6 Å². The number of benzene rings is 1. The lowest BCUT2D eigenvalue weighted by atomic mass is 10.2. The fraction of sp³-hybridized carbons (Fsp3) is 0.455. The van der Waals surface area contributed by atoms with Crippen LogP contribution >= 0.6 is 0 Å². The van der Waals surface area contributed by atoms with Crippen molar-refractivity contribution >= 4 is 15.5 Å². The fourth-order valence-electron chi connectivity index (χ4n) is 1.94. The summed E-state index contributed by atoms with van der Waals surface area (Å²) >= 11 is 0. The van der Waals surface area contributed by atoms with Crippen LogP contribution < -0.4 is 9.47 Å². The van der Waals surface area contributed by atoms with Gasteiger partial charge in [-0.1, -0.05) is 0 Å². The summed E-state index contributed by atoms with van der Waals surface area (Å²) < 4.78 is 33.1. The molecule has 1 aliphatic heterocycles. The highest BCUT2D eigenvalue weighted by atomic mass is 32.2. The average molecular weight is 303 g/mol. The van der Waals surface area contributed by atoms with E-state index in [0.717, 1.165) is 0 Å². The SMILES string of the molecule is COc1cc([N+](=O)[O-])ccc1OC1CS(=O)(=O)CC1O. The van der Waals surface area contributed by atoms with E-state index in [1.165, 1.54) is 25.3 Å². The molecule has 0 bridgehead atoms. The summed E-state index contributed by atoms with van der Waals surface area (Å²) in [4.78, 5) is 10.1. The van der Waals surface area contributed by atoms with E-state index in [4.69, 9.17) is 9.47 Å². The number of hydrogen-bond acceptors (Lipinski definition) is 7. The van der Waals surface area contributed by atoms with Crippen LogP contribution in [0.25, 0.3) is 0 Å². The molecule has 110 valence electrons. The summed E-state index contributed by atoms with van der Waals surface area (Å²) in [5, 5.41) is 20.3. The molecule has 1 fully saturated rings. The smallest absolute Gasteiger partial charge is 0.273 e. The van der Waals surface area contributed by atoms with Gasteiger partial charge in [0.05, 0.1) is 29.6 Å². The van der Waals surface area contributed by atoms with Gasteiger partial charge in [0.25, 0.3) is 5.69 Å². The van der Waals surface area contributed by atoms with Gasteiger partial charge in [-0.3, -0.25) is 10.1 Å². The van der Waals surface area contributed by atoms with Crippen LogP contribution in [0.3, 0.4) is 0 Å². The number of aliphatic hydroxyl groups is 1. The second kappa shape index (κ2) is 5.25. The summed E-state index contributed by atoms with van der Waals surface area (Å²) in [6.45, 7) is 0. The largest absolute Gasteiger partial charge is 0.493 e. The second-order valence-electron chi connectivity index (χ2n) is 4.39. The predicted octanol–water partition coefficient (Wildman–Crippen LogP) is 0.140. The topological polar surface area (TPSA) is 116 Å². The summed E-state index contributed by atoms with van der Waals surface area (Å²) in [5.41, 5.74) is -0.172. The van der Waals surface area contributed by atoms with Crippen molar-refractivity contribution in [1.29, 1.82) is 0 Å². The monoisotopic (exact) mass is 303 g/mol. The van der Waals surface area contributed by atoms with E-state index in [-0.39, 0.29) is 28.7 Å². The Bertz CT molecular complexity index is 628. The third-order valence-corrected chi connectivity index (χ3v) is 4.59. The number of nitrogens with zero attached hydrogens (tertiary/aromatic N) is 1. The van der Waals surface area contributed by atoms with Crippen molar-refractivity contribution in [2.45, 2.75) is 12.2 Å². The molecule has 0 aromatic heterocycles. The van der Waals surface area contributed by atoms with E-state index in [1.807, 2.05) is 0 Å². The normalized spacial score (nSPS) is 24.3. The number of hydrogen-bond donors (Lipinski definition) is 1. The molecule has 2 atom stereocenters. The van der Waals surface area contributed by atoms with Crippen molar-refractivity contribution in [2.75, 3.05) is 18.6 Å². The summed E-state index contributed by atoms with van der Waals surface area (Å²) in [6, 6.07) is 3.70. The van der Waals surface area contributed by atoms with Crippen LogP contribution in [0.5, 0.6) is 11.5 Å². The average Bonchev–Trinajstić information content (AvgIpc) is 2.62. The summed E-state index contributed by atoms with van der Waals surface area (Å²) in [6.07, 6.45) is -2.03. The van der Waals surface area contributed by atoms with E-state index in [2.05, 4.69) is 0 Å². The zero-order valence-electron chi connectivity index (χ0n) is 10.6. The second-order valence-corrected chi connectivity index (χ2v) is 6.55. The molecule has 1 aliphatic rings. The number of aliphatic hydroxyl groups excluding tert-OH is 1. The minimum absolute atomic E-state index is 0.107. The van der Waals surface area contributed by atoms with Crippen molar-refractivity contribution in [3.63, 3.8) is 0 Å². The Morgan fingerprint density at radius 3 is 2.55 bits per heavy atom. The van der Waals surface area contributed by atoms with E-state index in [0.29, 0.717) is 0 Å². The van der Waals surface area contributed by atoms with Crippen molar-refractivity contribution in [2.24, 2.45) is 0 Å². The molecule has 1 aromatic carbocycles. The molecule has 0 radical (unpaired) electrons. The van der Waals surface area contributed by atoms with Gasteiger partial charge in [-0.2, -0.15) is 0 Å². The summed E-state index contributed by atoms with van der Waals surface area (Å²) in [7, 11) is -2.02. The zero-order valence-corrected chi connectivity index (χ0v) is 11.4. The third kappa shape index (κ3) is 2.99. The Kier molecular flexibility index (Phi) is 3.82. The molecule has 20 heavy (non-hydrogen) atoms. The van der Waals surface area contributed by atoms with Crippen molar-refractivity contribution in [3.05, 3.63) is 28.3 Å². The molecule has 9 heteroatoms. The first-order valence-corrected chi connectivity index (χ1v) is 7.52. The molecule has 0 saturated carbocycles. The molecule has 2 unspecified atom stereocenters. The molecule has 1 aromatic rings. The maximum Gasteiger partial charge on any atom is 0.273 e. The summed E-state index contributed by atoms with van der Waals surface area (Å²) in [5.74, 6) is -0.392. The lowest BCUT2D eigenvalue weighted by Gasteiger charge is -2.17. The predicted molar refractivity (Wildman–Crippen MR) is 68.7 cm³/mol. The van der Waals surface area contributed by atoms with Crippen molar-refractivity contribution in [3.8, 4) is 11.5 Å². The first kappa shape index (κ1) is 14.5. The molecule has 0 spiro atoms. The molecular weight excluding hydrogens is 290 g/mol. The molecular formula is C11H13NO7S. The highest BCUT2D eigenvalue weighted by Gasteiger charge is 2.38. The van der Waals surface area contributed by atoms with Crippen LogP contribution in [0.15, 0.2) is 18.2 Å². The van der Waals surface area contributed by atoms with Crippen molar-refractivity contribution in [1.82, 2.24) is 0 Å². The Morgan fingerprint density at radius 2 is 2.05 bits per heavy atom. The van der Waals surface area contributed by atoms with Gasteiger partial charge in [0, 0.05) is 6.07 Å². The highest BCUT2D eigenvalue weighted by molar-refractivity contribution is 7.91. The Balaban J connectivity index is 2.24. The van der Waals surface area contributed by atoms with E-state index in [9.17, 15) is 23.6 Å². The number of methoxy groups -OCH3 is 1. The molecule has 0 amide bonds. The Morgan fingerprint density at radius 1 is 1.35 bits per heavy atom. The maximum atomic E-state index is 11.4. The number of nitro benzene ring substituents is 1. The maximum absolute atomic E-state index is 11.4. The fourth-order valence-corrected chi connectivity index (χ4v) is 3.60. The van der Waals surface area contributed by atoms with Crippen LogP contribution in [0.2, 0.25) is 0 Å². The minimum Gasteiger partial charge on any atom is -0.493 e. The number of non-ortho nitro benzene ring substituents is 1. The van der Waals surface area contributed by atoms with Gasteiger partial charge in [0.2, 0.25) is 0 Å². The molecule has 1 heterocycles. The zero-order chi connectivity index (χ0) is 14.9. The minimum atomic E-state index is -3.33. The van der Waals surface area contributed by atoms with Gasteiger partial charge >= 0.3 is 0 Å². The number of sulfone groups is 1. The molecule has 1 N–H and O–H groups in total. The number of rotatable bonds is 4. The molecule has 8 nitrogen and oxygen atoms in total. The molecule has 1 saturated heterocycles. The number of nitro groups is 1. The van der Waals surface area contributed by atoms with Gasteiger partial charge in [0.1, 0.15) is 12.2 Å². The highest BCUT2D eigenvalue weighted by Crippen LogP contribution is 2.33. The van der Waals surface area contributed by atoms with Gasteiger partial charge in [-0.05, 0) is 6.07 Å². The van der Waals surface area contributed by atoms with Gasteiger partial charge in [-0.25, -0.2) is 8.42 Å². The van der Waals surface area contributed by atoms with E-state index >= 15 is 0 Å². The number of ether oxygens (including phenoxy) is 2. The Labute approximate surface area is 115 Å². The van der Waals surface area contributed by atoms with Gasteiger partial charge in [-0.15, -0.1) is 0 Å². The molecule has 2 rings (SSSR count). The molecule has 0 aliphatic carbocycles. The lowest BCUT2D eigenvalue weighted by Crippen LogP contribution is -2.29. The van der Waals surface area contributed by atoms with Crippen LogP contribution in [-0.2, 0) is 9.84 Å². The van der Waals surface area contributed by atoms with Crippen LogP contribution in [0, 0.1) is 10.1 Å². The quantitative estimate of drug-likeness (QED) is 0.621. The lowest BCUT2D eigenvalue weighted by molar-refractivity contribution is -0.385. The van der Waals surface area contributed by atoms with E-state index in [1.54, 1.807) is 0 Å². The third-order valence-electron chi connectivity index (χ3n) is 2.91.